The van der Waals surface area contributed by atoms with E-state index >= 15 is 0 Å². The standard InChI is InChI=1S/C25H24ClNO3/c1-17-12-18(2)14-22(13-17)27-25(28)11-7-19-6-10-23(24(15-19)29-3)30-16-20-4-8-21(26)9-5-20/h4-15H,16H2,1-3H3,(H,27,28)/b11-7+. The fraction of sp³-hybridized carbons (Fsp3) is 0.160. The van der Waals surface area contributed by atoms with Crippen molar-refractivity contribution in [2.45, 2.75) is 20.5 Å². The number of carbonyl (C=O) groups is 1. The van der Waals surface area contributed by atoms with Crippen LogP contribution in [0.2, 0.25) is 5.02 Å². The predicted molar refractivity (Wildman–Crippen MR) is 122 cm³/mol. The summed E-state index contributed by atoms with van der Waals surface area (Å²) in [5.41, 5.74) is 4.84. The van der Waals surface area contributed by atoms with Crippen LogP contribution in [-0.2, 0) is 11.4 Å². The van der Waals surface area contributed by atoms with Crippen molar-refractivity contribution >= 4 is 29.3 Å². The maximum atomic E-state index is 12.2. The van der Waals surface area contributed by atoms with Gasteiger partial charge in [-0.25, -0.2) is 0 Å². The van der Waals surface area contributed by atoms with E-state index in [-0.39, 0.29) is 5.91 Å². The van der Waals surface area contributed by atoms with Crippen LogP contribution in [0.5, 0.6) is 11.5 Å². The number of hydrogen-bond donors (Lipinski definition) is 1. The molecule has 154 valence electrons. The largest absolute Gasteiger partial charge is 0.493 e. The number of carbonyl (C=O) groups excluding carboxylic acids is 1. The molecule has 0 aliphatic heterocycles. The number of amides is 1. The molecular weight excluding hydrogens is 398 g/mol. The van der Waals surface area contributed by atoms with Gasteiger partial charge in [0.15, 0.2) is 11.5 Å². The molecule has 3 aromatic carbocycles. The van der Waals surface area contributed by atoms with E-state index in [2.05, 4.69) is 11.4 Å². The summed E-state index contributed by atoms with van der Waals surface area (Å²) in [6.07, 6.45) is 3.24. The summed E-state index contributed by atoms with van der Waals surface area (Å²) in [6.45, 7) is 4.41. The van der Waals surface area contributed by atoms with Crippen molar-refractivity contribution in [3.05, 3.63) is 94.0 Å². The van der Waals surface area contributed by atoms with Gasteiger partial charge in [-0.3, -0.25) is 4.79 Å². The third-order valence-electron chi connectivity index (χ3n) is 4.41. The minimum atomic E-state index is -0.193. The first-order valence-electron chi connectivity index (χ1n) is 9.55. The summed E-state index contributed by atoms with van der Waals surface area (Å²) in [5.74, 6) is 1.03. The quantitative estimate of drug-likeness (QED) is 0.462. The first-order chi connectivity index (χ1) is 14.4. The molecule has 4 nitrogen and oxygen atoms in total. The van der Waals surface area contributed by atoms with Gasteiger partial charge in [0.25, 0.3) is 0 Å². The summed E-state index contributed by atoms with van der Waals surface area (Å²) in [6, 6.07) is 19.0. The van der Waals surface area contributed by atoms with Crippen LogP contribution in [0, 0.1) is 13.8 Å². The fourth-order valence-corrected chi connectivity index (χ4v) is 3.18. The van der Waals surface area contributed by atoms with Crippen molar-refractivity contribution < 1.29 is 14.3 Å². The molecule has 0 unspecified atom stereocenters. The topological polar surface area (TPSA) is 47.6 Å². The molecule has 0 bridgehead atoms. The lowest BCUT2D eigenvalue weighted by molar-refractivity contribution is -0.111. The highest BCUT2D eigenvalue weighted by Crippen LogP contribution is 2.29. The van der Waals surface area contributed by atoms with E-state index in [1.54, 1.807) is 13.2 Å². The number of rotatable bonds is 7. The lowest BCUT2D eigenvalue weighted by Crippen LogP contribution is -2.08. The van der Waals surface area contributed by atoms with Gasteiger partial charge in [0.05, 0.1) is 7.11 Å². The lowest BCUT2D eigenvalue weighted by atomic mass is 10.1. The Hall–Kier alpha value is -3.24. The molecule has 0 heterocycles. The molecule has 0 aromatic heterocycles. The number of anilines is 1. The average molecular weight is 422 g/mol. The van der Waals surface area contributed by atoms with Gasteiger partial charge in [0.2, 0.25) is 5.91 Å². The lowest BCUT2D eigenvalue weighted by Gasteiger charge is -2.11. The smallest absolute Gasteiger partial charge is 0.248 e. The van der Waals surface area contributed by atoms with Gasteiger partial charge >= 0.3 is 0 Å². The molecule has 0 spiro atoms. The predicted octanol–water partition coefficient (Wildman–Crippen LogP) is 6.20. The van der Waals surface area contributed by atoms with Gasteiger partial charge in [-0.05, 0) is 78.6 Å². The Morgan fingerprint density at radius 2 is 1.67 bits per heavy atom. The van der Waals surface area contributed by atoms with E-state index in [1.807, 2.05) is 68.4 Å². The number of methoxy groups -OCH3 is 1. The SMILES string of the molecule is COc1cc(/C=C/C(=O)Nc2cc(C)cc(C)c2)ccc1OCc1ccc(Cl)cc1. The molecule has 0 saturated heterocycles. The molecule has 1 N–H and O–H groups in total. The van der Waals surface area contributed by atoms with Crippen LogP contribution < -0.4 is 14.8 Å². The van der Waals surface area contributed by atoms with Crippen LogP contribution in [0.1, 0.15) is 22.3 Å². The van der Waals surface area contributed by atoms with Crippen molar-refractivity contribution in [1.29, 1.82) is 0 Å². The van der Waals surface area contributed by atoms with Crippen LogP contribution in [0.15, 0.2) is 66.7 Å². The van der Waals surface area contributed by atoms with Crippen LogP contribution >= 0.6 is 11.6 Å². The zero-order chi connectivity index (χ0) is 21.5. The average Bonchev–Trinajstić information content (AvgIpc) is 2.71. The first kappa shape index (κ1) is 21.5. The molecule has 0 radical (unpaired) electrons. The van der Waals surface area contributed by atoms with Crippen molar-refractivity contribution in [2.24, 2.45) is 0 Å². The van der Waals surface area contributed by atoms with E-state index in [1.165, 1.54) is 6.08 Å². The molecule has 0 aliphatic carbocycles. The highest BCUT2D eigenvalue weighted by atomic mass is 35.5. The Morgan fingerprint density at radius 3 is 2.33 bits per heavy atom. The van der Waals surface area contributed by atoms with Gasteiger partial charge in [0.1, 0.15) is 6.61 Å². The normalized spacial score (nSPS) is 10.8. The molecule has 3 aromatic rings. The van der Waals surface area contributed by atoms with E-state index in [9.17, 15) is 4.79 Å². The molecule has 0 aliphatic rings. The Balaban J connectivity index is 1.64. The minimum Gasteiger partial charge on any atom is -0.493 e. The highest BCUT2D eigenvalue weighted by Gasteiger charge is 2.06. The van der Waals surface area contributed by atoms with Gasteiger partial charge in [-0.2, -0.15) is 0 Å². The van der Waals surface area contributed by atoms with Gasteiger partial charge < -0.3 is 14.8 Å². The number of ether oxygens (including phenoxy) is 2. The molecule has 0 atom stereocenters. The van der Waals surface area contributed by atoms with Crippen molar-refractivity contribution in [1.82, 2.24) is 0 Å². The molecular formula is C25H24ClNO3. The first-order valence-corrected chi connectivity index (χ1v) is 9.93. The minimum absolute atomic E-state index is 0.193. The monoisotopic (exact) mass is 421 g/mol. The summed E-state index contributed by atoms with van der Waals surface area (Å²) in [4.78, 5) is 12.2. The second kappa shape index (κ2) is 9.99. The number of nitrogens with one attached hydrogen (secondary N) is 1. The molecule has 0 fully saturated rings. The second-order valence-corrected chi connectivity index (χ2v) is 7.46. The maximum Gasteiger partial charge on any atom is 0.248 e. The summed E-state index contributed by atoms with van der Waals surface area (Å²) >= 11 is 5.91. The molecule has 30 heavy (non-hydrogen) atoms. The molecule has 3 rings (SSSR count). The zero-order valence-corrected chi connectivity index (χ0v) is 18.0. The third-order valence-corrected chi connectivity index (χ3v) is 4.66. The Morgan fingerprint density at radius 1 is 0.967 bits per heavy atom. The Kier molecular flexibility index (Phi) is 7.15. The Bertz CT molecular complexity index is 1040. The number of benzene rings is 3. The van der Waals surface area contributed by atoms with Crippen LogP contribution in [0.4, 0.5) is 5.69 Å². The van der Waals surface area contributed by atoms with Gasteiger partial charge in [-0.15, -0.1) is 0 Å². The maximum absolute atomic E-state index is 12.2. The van der Waals surface area contributed by atoms with Gasteiger partial charge in [-0.1, -0.05) is 35.9 Å². The molecule has 5 heteroatoms. The third kappa shape index (κ3) is 6.13. The van der Waals surface area contributed by atoms with E-state index < -0.39 is 0 Å². The number of hydrogen-bond acceptors (Lipinski definition) is 3. The fourth-order valence-electron chi connectivity index (χ4n) is 3.05. The van der Waals surface area contributed by atoms with Crippen LogP contribution in [0.3, 0.4) is 0 Å². The Labute approximate surface area is 182 Å². The summed E-state index contributed by atoms with van der Waals surface area (Å²) in [7, 11) is 1.59. The van der Waals surface area contributed by atoms with Crippen LogP contribution in [0.25, 0.3) is 6.08 Å². The van der Waals surface area contributed by atoms with Crippen molar-refractivity contribution in [2.75, 3.05) is 12.4 Å². The zero-order valence-electron chi connectivity index (χ0n) is 17.2. The van der Waals surface area contributed by atoms with Gasteiger partial charge in [0, 0.05) is 16.8 Å². The highest BCUT2D eigenvalue weighted by molar-refractivity contribution is 6.30. The summed E-state index contributed by atoms with van der Waals surface area (Å²) < 4.78 is 11.3. The molecule has 1 amide bonds. The van der Waals surface area contributed by atoms with Crippen molar-refractivity contribution in [3.8, 4) is 11.5 Å². The number of aryl methyl sites for hydroxylation is 2. The molecule has 0 saturated carbocycles. The van der Waals surface area contributed by atoms with Crippen LogP contribution in [-0.4, -0.2) is 13.0 Å². The van der Waals surface area contributed by atoms with E-state index in [0.29, 0.717) is 23.1 Å². The van der Waals surface area contributed by atoms with Crippen molar-refractivity contribution in [3.63, 3.8) is 0 Å². The van der Waals surface area contributed by atoms with E-state index in [0.717, 1.165) is 27.9 Å². The second-order valence-electron chi connectivity index (χ2n) is 7.02. The van der Waals surface area contributed by atoms with E-state index in [4.69, 9.17) is 21.1 Å². The number of halogens is 1. The summed E-state index contributed by atoms with van der Waals surface area (Å²) in [5, 5.41) is 3.57.